The summed E-state index contributed by atoms with van der Waals surface area (Å²) in [4.78, 5) is 10.3. The molecule has 0 radical (unpaired) electrons. The van der Waals surface area contributed by atoms with E-state index >= 15 is 0 Å². The Labute approximate surface area is 111 Å². The molecule has 0 bridgehead atoms. The molecule has 0 N–H and O–H groups in total. The monoisotopic (exact) mass is 291 g/mol. The van der Waals surface area contributed by atoms with Gasteiger partial charge in [-0.1, -0.05) is 13.0 Å². The van der Waals surface area contributed by atoms with E-state index in [0.29, 0.717) is 5.56 Å². The summed E-state index contributed by atoms with van der Waals surface area (Å²) in [7, 11) is -3.46. The minimum atomic E-state index is -3.46. The van der Waals surface area contributed by atoms with E-state index in [1.54, 1.807) is 13.8 Å². The summed E-state index contributed by atoms with van der Waals surface area (Å²) in [6, 6.07) is 3.91. The Balaban J connectivity index is 3.43. The zero-order valence-electron chi connectivity index (χ0n) is 10.3. The minimum Gasteiger partial charge on any atom is -0.258 e. The topological polar surface area (TPSA) is 77.3 Å². The molecule has 0 aromatic heterocycles. The summed E-state index contributed by atoms with van der Waals surface area (Å²) < 4.78 is 22.7. The van der Waals surface area contributed by atoms with Crippen LogP contribution in [0.5, 0.6) is 0 Å². The van der Waals surface area contributed by atoms with E-state index < -0.39 is 14.8 Å². The number of nitro benzene ring substituents is 1. The van der Waals surface area contributed by atoms with E-state index in [-0.39, 0.29) is 21.9 Å². The fourth-order valence-electron chi connectivity index (χ4n) is 1.54. The predicted molar refractivity (Wildman–Crippen MR) is 69.9 cm³/mol. The maximum Gasteiger partial charge on any atom is 0.274 e. The molecule has 0 saturated heterocycles. The molecule has 2 unspecified atom stereocenters. The number of alkyl halides is 1. The largest absolute Gasteiger partial charge is 0.274 e. The molecule has 0 fully saturated rings. The van der Waals surface area contributed by atoms with Gasteiger partial charge in [0, 0.05) is 29.2 Å². The fourth-order valence-corrected chi connectivity index (χ4v) is 2.32. The molecule has 5 nitrogen and oxygen atoms in total. The normalized spacial score (nSPS) is 15.1. The van der Waals surface area contributed by atoms with Gasteiger partial charge in [0.05, 0.1) is 9.82 Å². The Morgan fingerprint density at radius 3 is 2.28 bits per heavy atom. The van der Waals surface area contributed by atoms with Gasteiger partial charge in [-0.2, -0.15) is 0 Å². The van der Waals surface area contributed by atoms with E-state index in [1.165, 1.54) is 12.1 Å². The van der Waals surface area contributed by atoms with Crippen molar-refractivity contribution in [3.05, 3.63) is 33.9 Å². The number of halogens is 1. The second kappa shape index (κ2) is 5.24. The highest BCUT2D eigenvalue weighted by molar-refractivity contribution is 7.90. The second-order valence-electron chi connectivity index (χ2n) is 4.22. The molecule has 18 heavy (non-hydrogen) atoms. The Morgan fingerprint density at radius 1 is 1.33 bits per heavy atom. The summed E-state index contributed by atoms with van der Waals surface area (Å²) in [5.74, 6) is -0.235. The van der Waals surface area contributed by atoms with Crippen LogP contribution in [0.3, 0.4) is 0 Å². The standard InChI is InChI=1S/C11H14ClNO4S/c1-7(8(2)12)10-5-4-9(18(3,16)17)6-11(10)13(14)15/h4-8H,1-3H3. The maximum absolute atomic E-state index is 11.4. The zero-order chi connectivity index (χ0) is 14.1. The number of benzene rings is 1. The first-order valence-corrected chi connectivity index (χ1v) is 7.60. The van der Waals surface area contributed by atoms with E-state index in [2.05, 4.69) is 0 Å². The lowest BCUT2D eigenvalue weighted by Crippen LogP contribution is -2.09. The predicted octanol–water partition coefficient (Wildman–Crippen LogP) is 2.73. The second-order valence-corrected chi connectivity index (χ2v) is 6.92. The highest BCUT2D eigenvalue weighted by atomic mass is 35.5. The third-order valence-electron chi connectivity index (χ3n) is 2.81. The van der Waals surface area contributed by atoms with Crippen molar-refractivity contribution in [3.8, 4) is 0 Å². The van der Waals surface area contributed by atoms with Crippen molar-refractivity contribution < 1.29 is 13.3 Å². The molecule has 0 aliphatic carbocycles. The van der Waals surface area contributed by atoms with Crippen LogP contribution in [0.2, 0.25) is 0 Å². The maximum atomic E-state index is 11.4. The van der Waals surface area contributed by atoms with Crippen LogP contribution in [0.4, 0.5) is 5.69 Å². The van der Waals surface area contributed by atoms with E-state index in [0.717, 1.165) is 12.3 Å². The van der Waals surface area contributed by atoms with Crippen LogP contribution in [-0.4, -0.2) is 25.0 Å². The number of nitro groups is 1. The Kier molecular flexibility index (Phi) is 4.34. The number of hydrogen-bond acceptors (Lipinski definition) is 4. The molecule has 0 saturated carbocycles. The van der Waals surface area contributed by atoms with Crippen LogP contribution in [0.1, 0.15) is 25.3 Å². The highest BCUT2D eigenvalue weighted by Gasteiger charge is 2.24. The smallest absolute Gasteiger partial charge is 0.258 e. The first-order chi connectivity index (χ1) is 8.14. The van der Waals surface area contributed by atoms with Crippen molar-refractivity contribution in [1.82, 2.24) is 0 Å². The van der Waals surface area contributed by atoms with Crippen molar-refractivity contribution in [2.75, 3.05) is 6.26 Å². The van der Waals surface area contributed by atoms with Gasteiger partial charge in [0.2, 0.25) is 0 Å². The van der Waals surface area contributed by atoms with Crippen LogP contribution < -0.4 is 0 Å². The third kappa shape index (κ3) is 3.20. The first kappa shape index (κ1) is 14.9. The molecular formula is C11H14ClNO4S. The van der Waals surface area contributed by atoms with Gasteiger partial charge in [-0.25, -0.2) is 8.42 Å². The summed E-state index contributed by atoms with van der Waals surface area (Å²) in [6.07, 6.45) is 1.01. The molecule has 1 aromatic rings. The number of nitrogens with zero attached hydrogens (tertiary/aromatic N) is 1. The molecule has 1 rings (SSSR count). The first-order valence-electron chi connectivity index (χ1n) is 5.27. The number of hydrogen-bond donors (Lipinski definition) is 0. The van der Waals surface area contributed by atoms with Crippen molar-refractivity contribution in [3.63, 3.8) is 0 Å². The quantitative estimate of drug-likeness (QED) is 0.485. The fraction of sp³-hybridized carbons (Fsp3) is 0.455. The summed E-state index contributed by atoms with van der Waals surface area (Å²) in [5.41, 5.74) is 0.229. The van der Waals surface area contributed by atoms with Gasteiger partial charge in [0.25, 0.3) is 5.69 Å². The Bertz CT molecular complexity index is 568. The zero-order valence-corrected chi connectivity index (χ0v) is 11.8. The van der Waals surface area contributed by atoms with Crippen molar-refractivity contribution in [1.29, 1.82) is 0 Å². The van der Waals surface area contributed by atoms with Gasteiger partial charge in [0.15, 0.2) is 9.84 Å². The highest BCUT2D eigenvalue weighted by Crippen LogP contribution is 2.32. The Morgan fingerprint density at radius 2 is 1.89 bits per heavy atom. The Hall–Kier alpha value is -1.14. The van der Waals surface area contributed by atoms with Gasteiger partial charge >= 0.3 is 0 Å². The van der Waals surface area contributed by atoms with Crippen molar-refractivity contribution in [2.24, 2.45) is 0 Å². The average Bonchev–Trinajstić information content (AvgIpc) is 2.25. The van der Waals surface area contributed by atoms with Gasteiger partial charge in [-0.05, 0) is 13.0 Å². The summed E-state index contributed by atoms with van der Waals surface area (Å²) in [6.45, 7) is 3.50. The summed E-state index contributed by atoms with van der Waals surface area (Å²) in [5, 5.41) is 10.7. The SMILES string of the molecule is CC(Cl)C(C)c1ccc(S(C)(=O)=O)cc1[N+](=O)[O-]. The molecular weight excluding hydrogens is 278 g/mol. The van der Waals surface area contributed by atoms with E-state index in [1.807, 2.05) is 0 Å². The van der Waals surface area contributed by atoms with Gasteiger partial charge in [0.1, 0.15) is 0 Å². The molecule has 7 heteroatoms. The van der Waals surface area contributed by atoms with Crippen LogP contribution in [0.15, 0.2) is 23.1 Å². The lowest BCUT2D eigenvalue weighted by molar-refractivity contribution is -0.385. The average molecular weight is 292 g/mol. The van der Waals surface area contributed by atoms with Crippen molar-refractivity contribution in [2.45, 2.75) is 30.0 Å². The van der Waals surface area contributed by atoms with Gasteiger partial charge < -0.3 is 0 Å². The van der Waals surface area contributed by atoms with Crippen molar-refractivity contribution >= 4 is 27.1 Å². The van der Waals surface area contributed by atoms with Crippen LogP contribution in [-0.2, 0) is 9.84 Å². The molecule has 100 valence electrons. The minimum absolute atomic E-state index is 0.0626. The molecule has 0 heterocycles. The lowest BCUT2D eigenvalue weighted by atomic mass is 9.96. The molecule has 0 aliphatic rings. The molecule has 0 aliphatic heterocycles. The van der Waals surface area contributed by atoms with Crippen LogP contribution >= 0.6 is 11.6 Å². The molecule has 2 atom stereocenters. The number of sulfone groups is 1. The molecule has 1 aromatic carbocycles. The molecule has 0 spiro atoms. The van der Waals surface area contributed by atoms with Gasteiger partial charge in [-0.15, -0.1) is 11.6 Å². The van der Waals surface area contributed by atoms with Gasteiger partial charge in [-0.3, -0.25) is 10.1 Å². The van der Waals surface area contributed by atoms with E-state index in [4.69, 9.17) is 11.6 Å². The summed E-state index contributed by atoms with van der Waals surface area (Å²) >= 11 is 5.93. The van der Waals surface area contributed by atoms with Crippen LogP contribution in [0.25, 0.3) is 0 Å². The number of rotatable bonds is 4. The van der Waals surface area contributed by atoms with Crippen LogP contribution in [0, 0.1) is 10.1 Å². The van der Waals surface area contributed by atoms with E-state index in [9.17, 15) is 18.5 Å². The molecule has 0 amide bonds. The lowest BCUT2D eigenvalue weighted by Gasteiger charge is -2.14. The third-order valence-corrected chi connectivity index (χ3v) is 4.29.